The van der Waals surface area contributed by atoms with Crippen LogP contribution < -0.4 is 9.62 Å². The number of fused-ring (bicyclic) bond motifs is 1. The molecule has 0 saturated heterocycles. The molecule has 29 heavy (non-hydrogen) atoms. The lowest BCUT2D eigenvalue weighted by Crippen LogP contribution is -2.23. The third-order valence-corrected chi connectivity index (χ3v) is 6.56. The molecule has 0 aliphatic carbocycles. The summed E-state index contributed by atoms with van der Waals surface area (Å²) in [6, 6.07) is 18.8. The van der Waals surface area contributed by atoms with Gasteiger partial charge in [0.2, 0.25) is 0 Å². The van der Waals surface area contributed by atoms with Crippen molar-refractivity contribution in [2.24, 2.45) is 0 Å². The number of anilines is 2. The predicted octanol–water partition coefficient (Wildman–Crippen LogP) is 5.72. The first-order valence-electron chi connectivity index (χ1n) is 8.37. The SMILES string of the molecule is Br.N=C1c2ccccc2CN1c1ccc(Cl)c(S(=O)(=O)Nc2cccc(Cl)c2)c1. The number of nitrogens with one attached hydrogen (secondary N) is 2. The molecule has 2 N–H and O–H groups in total. The molecule has 150 valence electrons. The van der Waals surface area contributed by atoms with Gasteiger partial charge in [0.05, 0.1) is 17.3 Å². The van der Waals surface area contributed by atoms with Crippen molar-refractivity contribution in [2.75, 3.05) is 9.62 Å². The molecule has 0 atom stereocenters. The van der Waals surface area contributed by atoms with E-state index < -0.39 is 10.0 Å². The van der Waals surface area contributed by atoms with Crippen molar-refractivity contribution in [3.8, 4) is 0 Å². The van der Waals surface area contributed by atoms with E-state index in [1.807, 2.05) is 24.3 Å². The van der Waals surface area contributed by atoms with Gasteiger partial charge in [0, 0.05) is 16.3 Å². The third-order valence-electron chi connectivity index (χ3n) is 4.46. The van der Waals surface area contributed by atoms with Crippen molar-refractivity contribution in [2.45, 2.75) is 11.4 Å². The van der Waals surface area contributed by atoms with E-state index >= 15 is 0 Å². The molecule has 0 fully saturated rings. The second kappa shape index (κ2) is 8.36. The van der Waals surface area contributed by atoms with E-state index in [2.05, 4.69) is 4.72 Å². The molecule has 9 heteroatoms. The van der Waals surface area contributed by atoms with Crippen molar-refractivity contribution < 1.29 is 8.42 Å². The zero-order valence-corrected chi connectivity index (χ0v) is 18.9. The molecule has 0 saturated carbocycles. The topological polar surface area (TPSA) is 73.3 Å². The van der Waals surface area contributed by atoms with Gasteiger partial charge in [-0.15, -0.1) is 17.0 Å². The van der Waals surface area contributed by atoms with Crippen LogP contribution in [-0.2, 0) is 16.6 Å². The van der Waals surface area contributed by atoms with Crippen LogP contribution in [0.15, 0.2) is 71.6 Å². The van der Waals surface area contributed by atoms with Crippen LogP contribution in [0.3, 0.4) is 0 Å². The number of hydrogen-bond donors (Lipinski definition) is 2. The molecule has 1 heterocycles. The first-order valence-corrected chi connectivity index (χ1v) is 10.6. The zero-order chi connectivity index (χ0) is 19.9. The van der Waals surface area contributed by atoms with Crippen molar-refractivity contribution in [1.29, 1.82) is 5.41 Å². The Bertz CT molecular complexity index is 1200. The summed E-state index contributed by atoms with van der Waals surface area (Å²) < 4.78 is 28.3. The number of halogens is 3. The smallest absolute Gasteiger partial charge is 0.263 e. The normalized spacial score (nSPS) is 13.0. The summed E-state index contributed by atoms with van der Waals surface area (Å²) >= 11 is 12.1. The molecule has 0 bridgehead atoms. The summed E-state index contributed by atoms with van der Waals surface area (Å²) in [5.74, 6) is 0.323. The summed E-state index contributed by atoms with van der Waals surface area (Å²) in [6.45, 7) is 0.498. The largest absolute Gasteiger partial charge is 0.322 e. The molecule has 0 spiro atoms. The number of hydrogen-bond acceptors (Lipinski definition) is 3. The summed E-state index contributed by atoms with van der Waals surface area (Å²) in [4.78, 5) is 1.69. The Morgan fingerprint density at radius 2 is 1.72 bits per heavy atom. The Morgan fingerprint density at radius 3 is 2.45 bits per heavy atom. The number of amidine groups is 1. The van der Waals surface area contributed by atoms with Crippen molar-refractivity contribution in [3.63, 3.8) is 0 Å². The predicted molar refractivity (Wildman–Crippen MR) is 123 cm³/mol. The summed E-state index contributed by atoms with van der Waals surface area (Å²) in [5.41, 5.74) is 2.77. The van der Waals surface area contributed by atoms with Gasteiger partial charge in [-0.3, -0.25) is 10.1 Å². The molecule has 5 nitrogen and oxygen atoms in total. The van der Waals surface area contributed by atoms with E-state index in [0.29, 0.717) is 28.8 Å². The Labute approximate surface area is 189 Å². The van der Waals surface area contributed by atoms with Crippen molar-refractivity contribution in [1.82, 2.24) is 0 Å². The van der Waals surface area contributed by atoms with Crippen LogP contribution in [0.25, 0.3) is 0 Å². The van der Waals surface area contributed by atoms with Crippen LogP contribution in [0.2, 0.25) is 10.0 Å². The van der Waals surface area contributed by atoms with Gasteiger partial charge in [0.15, 0.2) is 0 Å². The van der Waals surface area contributed by atoms with Gasteiger partial charge in [-0.05, 0) is 42.0 Å². The fourth-order valence-corrected chi connectivity index (χ4v) is 4.89. The molecule has 1 aliphatic rings. The molecule has 1 aliphatic heterocycles. The number of rotatable bonds is 4. The minimum absolute atomic E-state index is 0. The maximum absolute atomic E-state index is 12.9. The first kappa shape index (κ1) is 21.6. The van der Waals surface area contributed by atoms with Crippen LogP contribution in [0.4, 0.5) is 11.4 Å². The molecular formula is C20H16BrCl2N3O2S. The van der Waals surface area contributed by atoms with E-state index in [9.17, 15) is 8.42 Å². The summed E-state index contributed by atoms with van der Waals surface area (Å²) in [5, 5.41) is 8.94. The average Bonchev–Trinajstić information content (AvgIpc) is 2.99. The molecule has 3 aromatic rings. The highest BCUT2D eigenvalue weighted by atomic mass is 79.9. The highest BCUT2D eigenvalue weighted by molar-refractivity contribution is 8.93. The Morgan fingerprint density at radius 1 is 0.966 bits per heavy atom. The summed E-state index contributed by atoms with van der Waals surface area (Å²) in [6.07, 6.45) is 0. The second-order valence-corrected chi connectivity index (χ2v) is 8.82. The van der Waals surface area contributed by atoms with Gasteiger partial charge in [0.25, 0.3) is 10.0 Å². The molecular weight excluding hydrogens is 497 g/mol. The van der Waals surface area contributed by atoms with Crippen molar-refractivity contribution in [3.05, 3.63) is 87.9 Å². The van der Waals surface area contributed by atoms with E-state index in [4.69, 9.17) is 28.6 Å². The first-order chi connectivity index (χ1) is 13.3. The standard InChI is InChI=1S/C20H15Cl2N3O2S.BrH/c21-14-5-3-6-15(10-14)24-28(26,27)19-11-16(8-9-18(19)22)25-12-13-4-1-2-7-17(13)20(25)23;/h1-11,23-24H,12H2;1H. The Kier molecular flexibility index (Phi) is 6.24. The Hall–Kier alpha value is -2.06. The highest BCUT2D eigenvalue weighted by Crippen LogP contribution is 2.33. The van der Waals surface area contributed by atoms with Gasteiger partial charge in [-0.25, -0.2) is 8.42 Å². The van der Waals surface area contributed by atoms with Gasteiger partial charge in [-0.1, -0.05) is 53.5 Å². The van der Waals surface area contributed by atoms with Crippen LogP contribution in [0.5, 0.6) is 0 Å². The number of sulfonamides is 1. The van der Waals surface area contributed by atoms with Gasteiger partial charge >= 0.3 is 0 Å². The van der Waals surface area contributed by atoms with Gasteiger partial charge < -0.3 is 4.90 Å². The minimum atomic E-state index is -3.94. The fraction of sp³-hybridized carbons (Fsp3) is 0.0500. The van der Waals surface area contributed by atoms with Crippen molar-refractivity contribution >= 4 is 67.4 Å². The van der Waals surface area contributed by atoms with E-state index in [0.717, 1.165) is 11.1 Å². The maximum atomic E-state index is 12.9. The number of benzene rings is 3. The summed E-state index contributed by atoms with van der Waals surface area (Å²) in [7, 11) is -3.94. The van der Waals surface area contributed by atoms with E-state index in [1.165, 1.54) is 18.2 Å². The van der Waals surface area contributed by atoms with E-state index in [-0.39, 0.29) is 26.9 Å². The van der Waals surface area contributed by atoms with Crippen LogP contribution >= 0.6 is 40.2 Å². The number of nitrogens with zero attached hydrogens (tertiary/aromatic N) is 1. The van der Waals surface area contributed by atoms with Crippen LogP contribution in [0, 0.1) is 5.41 Å². The lowest BCUT2D eigenvalue weighted by atomic mass is 10.1. The fourth-order valence-electron chi connectivity index (χ4n) is 3.13. The van der Waals surface area contributed by atoms with Crippen LogP contribution in [0.1, 0.15) is 11.1 Å². The quantitative estimate of drug-likeness (QED) is 0.469. The van der Waals surface area contributed by atoms with Crippen LogP contribution in [-0.4, -0.2) is 14.3 Å². The molecule has 0 aromatic heterocycles. The third kappa shape index (κ3) is 4.28. The Balaban J connectivity index is 0.00000240. The molecule has 4 rings (SSSR count). The van der Waals surface area contributed by atoms with E-state index in [1.54, 1.807) is 29.2 Å². The monoisotopic (exact) mass is 511 g/mol. The highest BCUT2D eigenvalue weighted by Gasteiger charge is 2.27. The van der Waals surface area contributed by atoms with Gasteiger partial charge in [-0.2, -0.15) is 0 Å². The van der Waals surface area contributed by atoms with Gasteiger partial charge in [0.1, 0.15) is 10.7 Å². The average molecular weight is 513 g/mol. The second-order valence-electron chi connectivity index (χ2n) is 6.32. The maximum Gasteiger partial charge on any atom is 0.263 e. The molecule has 0 amide bonds. The molecule has 0 radical (unpaired) electrons. The minimum Gasteiger partial charge on any atom is -0.322 e. The lowest BCUT2D eigenvalue weighted by molar-refractivity contribution is 0.601. The lowest BCUT2D eigenvalue weighted by Gasteiger charge is -2.20. The molecule has 0 unspecified atom stereocenters. The molecule has 3 aromatic carbocycles. The zero-order valence-electron chi connectivity index (χ0n) is 14.9.